The topological polar surface area (TPSA) is 61.8 Å². The molecule has 3 heterocycles. The van der Waals surface area contributed by atoms with Crippen molar-refractivity contribution in [3.8, 4) is 0 Å². The molecule has 116 valence electrons. The van der Waals surface area contributed by atoms with Gasteiger partial charge in [0.15, 0.2) is 0 Å². The van der Waals surface area contributed by atoms with Crippen LogP contribution in [0, 0.1) is 0 Å². The smallest absolute Gasteiger partial charge is 0.336 e. The average Bonchev–Trinajstić information content (AvgIpc) is 3.17. The third-order valence-corrected chi connectivity index (χ3v) is 4.54. The van der Waals surface area contributed by atoms with Gasteiger partial charge in [-0.1, -0.05) is 36.4 Å². The fraction of sp³-hybridized carbons (Fsp3) is 0.0500. The summed E-state index contributed by atoms with van der Waals surface area (Å²) in [7, 11) is 0. The van der Waals surface area contributed by atoms with E-state index in [1.165, 1.54) is 0 Å². The van der Waals surface area contributed by atoms with Gasteiger partial charge >= 0.3 is 5.63 Å². The minimum atomic E-state index is -0.318. The monoisotopic (exact) mass is 314 g/mol. The molecule has 0 bridgehead atoms. The summed E-state index contributed by atoms with van der Waals surface area (Å²) in [4.78, 5) is 18.7. The maximum atomic E-state index is 12.0. The fourth-order valence-electron chi connectivity index (χ4n) is 3.43. The zero-order valence-corrected chi connectivity index (χ0v) is 12.8. The first-order valence-corrected chi connectivity index (χ1v) is 7.88. The van der Waals surface area contributed by atoms with Crippen LogP contribution in [0.15, 0.2) is 70.0 Å². The van der Waals surface area contributed by atoms with Crippen molar-refractivity contribution in [1.29, 1.82) is 0 Å². The van der Waals surface area contributed by atoms with Crippen LogP contribution >= 0.6 is 0 Å². The minimum Gasteiger partial charge on any atom is -0.425 e. The summed E-state index contributed by atoms with van der Waals surface area (Å²) >= 11 is 0. The zero-order valence-electron chi connectivity index (χ0n) is 12.8. The second-order valence-electron chi connectivity index (χ2n) is 5.98. The molecule has 5 aromatic rings. The standard InChI is InChI=1S/C20H14N2O2/c23-19-10-15-14-6-2-4-8-17(14)22-20(15)18(24-19)9-12-11-21-16-7-3-1-5-13(12)16/h1-8,10-11,21-22H,9H2. The molecule has 0 aliphatic carbocycles. The molecule has 5 rings (SSSR count). The third kappa shape index (κ3) is 1.90. The van der Waals surface area contributed by atoms with Crippen LogP contribution in [0.2, 0.25) is 0 Å². The van der Waals surface area contributed by atoms with Crippen molar-refractivity contribution in [1.82, 2.24) is 9.97 Å². The molecule has 4 nitrogen and oxygen atoms in total. The lowest BCUT2D eigenvalue weighted by atomic mass is 10.1. The third-order valence-electron chi connectivity index (χ3n) is 4.54. The van der Waals surface area contributed by atoms with Crippen molar-refractivity contribution < 1.29 is 4.42 Å². The summed E-state index contributed by atoms with van der Waals surface area (Å²) in [5.74, 6) is 0.665. The first-order chi connectivity index (χ1) is 11.8. The number of benzene rings is 2. The summed E-state index contributed by atoms with van der Waals surface area (Å²) in [6, 6.07) is 17.7. The number of hydrogen-bond donors (Lipinski definition) is 2. The van der Waals surface area contributed by atoms with Gasteiger partial charge in [-0.2, -0.15) is 0 Å². The largest absolute Gasteiger partial charge is 0.425 e. The SMILES string of the molecule is O=c1cc2c([nH]c3ccccc32)c(Cc2c[nH]c3ccccc23)o1. The predicted octanol–water partition coefficient (Wildman–Crippen LogP) is 4.35. The van der Waals surface area contributed by atoms with Gasteiger partial charge in [0.05, 0.1) is 5.52 Å². The molecule has 24 heavy (non-hydrogen) atoms. The molecule has 0 atom stereocenters. The van der Waals surface area contributed by atoms with Crippen molar-refractivity contribution in [2.75, 3.05) is 0 Å². The van der Waals surface area contributed by atoms with E-state index in [0.717, 1.165) is 38.3 Å². The van der Waals surface area contributed by atoms with E-state index in [2.05, 4.69) is 16.0 Å². The quantitative estimate of drug-likeness (QED) is 0.509. The molecule has 0 aliphatic rings. The van der Waals surface area contributed by atoms with E-state index in [1.807, 2.05) is 48.7 Å². The van der Waals surface area contributed by atoms with Crippen LogP contribution in [0.3, 0.4) is 0 Å². The summed E-state index contributed by atoms with van der Waals surface area (Å²) < 4.78 is 5.54. The van der Waals surface area contributed by atoms with Crippen LogP contribution in [0.25, 0.3) is 32.7 Å². The molecule has 0 saturated heterocycles. The second kappa shape index (κ2) is 4.86. The molecule has 4 heteroatoms. The first-order valence-electron chi connectivity index (χ1n) is 7.88. The Morgan fingerprint density at radius 3 is 2.50 bits per heavy atom. The van der Waals surface area contributed by atoms with Crippen LogP contribution in [-0.2, 0) is 6.42 Å². The Kier molecular flexibility index (Phi) is 2.67. The molecule has 3 aromatic heterocycles. The Morgan fingerprint density at radius 2 is 1.62 bits per heavy atom. The van der Waals surface area contributed by atoms with E-state index in [1.54, 1.807) is 6.07 Å². The number of nitrogens with one attached hydrogen (secondary N) is 2. The number of aromatic amines is 2. The van der Waals surface area contributed by atoms with Gasteiger partial charge in [0, 0.05) is 45.9 Å². The number of aromatic nitrogens is 2. The van der Waals surface area contributed by atoms with Crippen LogP contribution < -0.4 is 5.63 Å². The molecule has 0 aliphatic heterocycles. The molecule has 0 saturated carbocycles. The molecule has 0 radical (unpaired) electrons. The fourth-order valence-corrected chi connectivity index (χ4v) is 3.43. The van der Waals surface area contributed by atoms with Crippen molar-refractivity contribution in [2.45, 2.75) is 6.42 Å². The molecule has 0 amide bonds. The zero-order chi connectivity index (χ0) is 16.1. The lowest BCUT2D eigenvalue weighted by Crippen LogP contribution is -2.00. The summed E-state index contributed by atoms with van der Waals surface area (Å²) in [6.07, 6.45) is 2.54. The number of H-pyrrole nitrogens is 2. The highest BCUT2D eigenvalue weighted by atomic mass is 16.4. The minimum absolute atomic E-state index is 0.318. The van der Waals surface area contributed by atoms with E-state index >= 15 is 0 Å². The molecule has 2 aromatic carbocycles. The second-order valence-corrected chi connectivity index (χ2v) is 5.98. The summed E-state index contributed by atoms with van der Waals surface area (Å²) in [5.41, 5.74) is 3.77. The highest BCUT2D eigenvalue weighted by Gasteiger charge is 2.14. The Balaban J connectivity index is 1.75. The predicted molar refractivity (Wildman–Crippen MR) is 95.4 cm³/mol. The van der Waals surface area contributed by atoms with Gasteiger partial charge in [-0.15, -0.1) is 0 Å². The van der Waals surface area contributed by atoms with E-state index in [4.69, 9.17) is 4.42 Å². The number of para-hydroxylation sites is 2. The van der Waals surface area contributed by atoms with E-state index in [-0.39, 0.29) is 5.63 Å². The van der Waals surface area contributed by atoms with E-state index < -0.39 is 0 Å². The molecule has 0 fully saturated rings. The van der Waals surface area contributed by atoms with Gasteiger partial charge in [0.2, 0.25) is 0 Å². The molecule has 2 N–H and O–H groups in total. The highest BCUT2D eigenvalue weighted by molar-refractivity contribution is 6.07. The van der Waals surface area contributed by atoms with Gasteiger partial charge in [-0.25, -0.2) is 4.79 Å². The lowest BCUT2D eigenvalue weighted by Gasteiger charge is -2.01. The molecular weight excluding hydrogens is 300 g/mol. The van der Waals surface area contributed by atoms with Gasteiger partial charge in [0.25, 0.3) is 0 Å². The van der Waals surface area contributed by atoms with Crippen molar-refractivity contribution in [3.63, 3.8) is 0 Å². The number of hydrogen-bond acceptors (Lipinski definition) is 2. The maximum Gasteiger partial charge on any atom is 0.336 e. The van der Waals surface area contributed by atoms with Gasteiger partial charge in [-0.3, -0.25) is 0 Å². The Morgan fingerprint density at radius 1 is 0.875 bits per heavy atom. The average molecular weight is 314 g/mol. The first kappa shape index (κ1) is 13.2. The Hall–Kier alpha value is -3.27. The van der Waals surface area contributed by atoms with Crippen LogP contribution in [-0.4, -0.2) is 9.97 Å². The normalized spacial score (nSPS) is 11.7. The summed E-state index contributed by atoms with van der Waals surface area (Å²) in [6.45, 7) is 0. The van der Waals surface area contributed by atoms with Gasteiger partial charge in [-0.05, 0) is 17.7 Å². The highest BCUT2D eigenvalue weighted by Crippen LogP contribution is 2.28. The maximum absolute atomic E-state index is 12.0. The van der Waals surface area contributed by atoms with Crippen LogP contribution in [0.4, 0.5) is 0 Å². The summed E-state index contributed by atoms with van der Waals surface area (Å²) in [5, 5.41) is 3.10. The Labute approximate surface area is 136 Å². The molecule has 0 spiro atoms. The van der Waals surface area contributed by atoms with Gasteiger partial charge in [0.1, 0.15) is 5.76 Å². The Bertz CT molecular complexity index is 1260. The molecule has 0 unspecified atom stereocenters. The van der Waals surface area contributed by atoms with Crippen molar-refractivity contribution in [3.05, 3.63) is 82.5 Å². The molecular formula is C20H14N2O2. The van der Waals surface area contributed by atoms with Crippen LogP contribution in [0.5, 0.6) is 0 Å². The van der Waals surface area contributed by atoms with E-state index in [9.17, 15) is 4.79 Å². The number of fused-ring (bicyclic) bond motifs is 4. The lowest BCUT2D eigenvalue weighted by molar-refractivity contribution is 0.476. The number of rotatable bonds is 2. The van der Waals surface area contributed by atoms with Crippen molar-refractivity contribution in [2.24, 2.45) is 0 Å². The van der Waals surface area contributed by atoms with Crippen molar-refractivity contribution >= 4 is 32.7 Å². The van der Waals surface area contributed by atoms with E-state index in [0.29, 0.717) is 12.2 Å². The van der Waals surface area contributed by atoms with Gasteiger partial charge < -0.3 is 14.4 Å². The van der Waals surface area contributed by atoms with Crippen LogP contribution in [0.1, 0.15) is 11.3 Å².